The molecule has 2 aromatic carbocycles. The summed E-state index contributed by atoms with van der Waals surface area (Å²) in [7, 11) is 0. The Morgan fingerprint density at radius 3 is 2.43 bits per heavy atom. The van der Waals surface area contributed by atoms with Crippen LogP contribution in [0.4, 0.5) is 24.5 Å². The molecule has 6 heteroatoms. The van der Waals surface area contributed by atoms with Crippen LogP contribution < -0.4 is 10.6 Å². The first-order chi connectivity index (χ1) is 9.99. The second kappa shape index (κ2) is 6.30. The highest BCUT2D eigenvalue weighted by Crippen LogP contribution is 2.19. The Labute approximate surface area is 119 Å². The highest BCUT2D eigenvalue weighted by Gasteiger charge is 2.14. The third-order valence-electron chi connectivity index (χ3n) is 2.89. The molecule has 0 bridgehead atoms. The van der Waals surface area contributed by atoms with Gasteiger partial charge in [-0.1, -0.05) is 18.2 Å². The fraction of sp³-hybridized carbons (Fsp3) is 0.133. The number of amides is 1. The Hall–Kier alpha value is -2.50. The van der Waals surface area contributed by atoms with E-state index in [2.05, 4.69) is 10.6 Å². The van der Waals surface area contributed by atoms with Crippen molar-refractivity contribution in [2.75, 3.05) is 17.2 Å². The molecule has 2 aromatic rings. The van der Waals surface area contributed by atoms with Crippen LogP contribution in [-0.4, -0.2) is 12.5 Å². The smallest absolute Gasteiger partial charge is 0.243 e. The Bertz CT molecular complexity index is 674. The first-order valence-electron chi connectivity index (χ1n) is 6.22. The van der Waals surface area contributed by atoms with E-state index >= 15 is 0 Å². The van der Waals surface area contributed by atoms with Gasteiger partial charge >= 0.3 is 0 Å². The van der Waals surface area contributed by atoms with E-state index < -0.39 is 23.4 Å². The molecule has 0 saturated heterocycles. The van der Waals surface area contributed by atoms with Crippen molar-refractivity contribution in [2.45, 2.75) is 6.92 Å². The third kappa shape index (κ3) is 3.53. The maximum atomic E-state index is 13.4. The summed E-state index contributed by atoms with van der Waals surface area (Å²) in [6, 6.07) is 8.99. The predicted octanol–water partition coefficient (Wildman–Crippen LogP) is 3.46. The maximum absolute atomic E-state index is 13.4. The predicted molar refractivity (Wildman–Crippen MR) is 74.6 cm³/mol. The number of hydrogen-bond acceptors (Lipinski definition) is 2. The molecule has 0 aliphatic carbocycles. The molecule has 0 radical (unpaired) electrons. The SMILES string of the molecule is Cc1ccccc1NC(=O)CNc1ccc(F)c(F)c1F. The third-order valence-corrected chi connectivity index (χ3v) is 2.89. The van der Waals surface area contributed by atoms with E-state index in [9.17, 15) is 18.0 Å². The van der Waals surface area contributed by atoms with Crippen molar-refractivity contribution in [2.24, 2.45) is 0 Å². The van der Waals surface area contributed by atoms with Crippen molar-refractivity contribution in [1.82, 2.24) is 0 Å². The molecule has 0 saturated carbocycles. The fourth-order valence-electron chi connectivity index (χ4n) is 1.75. The van der Waals surface area contributed by atoms with Crippen molar-refractivity contribution in [3.8, 4) is 0 Å². The molecule has 3 nitrogen and oxygen atoms in total. The van der Waals surface area contributed by atoms with Crippen LogP contribution >= 0.6 is 0 Å². The summed E-state index contributed by atoms with van der Waals surface area (Å²) in [5, 5.41) is 5.06. The average molecular weight is 294 g/mol. The molecule has 21 heavy (non-hydrogen) atoms. The average Bonchev–Trinajstić information content (AvgIpc) is 2.46. The zero-order valence-corrected chi connectivity index (χ0v) is 11.2. The van der Waals surface area contributed by atoms with Crippen LogP contribution in [0.5, 0.6) is 0 Å². The minimum atomic E-state index is -1.57. The lowest BCUT2D eigenvalue weighted by molar-refractivity contribution is -0.114. The normalized spacial score (nSPS) is 10.3. The van der Waals surface area contributed by atoms with Crippen molar-refractivity contribution in [3.63, 3.8) is 0 Å². The summed E-state index contributed by atoms with van der Waals surface area (Å²) in [4.78, 5) is 11.7. The van der Waals surface area contributed by atoms with Gasteiger partial charge in [0.2, 0.25) is 5.91 Å². The first-order valence-corrected chi connectivity index (χ1v) is 6.22. The van der Waals surface area contributed by atoms with Gasteiger partial charge in [0.15, 0.2) is 17.5 Å². The number of halogens is 3. The summed E-state index contributed by atoms with van der Waals surface area (Å²) < 4.78 is 39.2. The van der Waals surface area contributed by atoms with Gasteiger partial charge in [-0.25, -0.2) is 13.2 Å². The van der Waals surface area contributed by atoms with E-state index in [0.29, 0.717) is 5.69 Å². The molecule has 0 unspecified atom stereocenters. The van der Waals surface area contributed by atoms with E-state index in [4.69, 9.17) is 0 Å². The monoisotopic (exact) mass is 294 g/mol. The Balaban J connectivity index is 1.99. The summed E-state index contributed by atoms with van der Waals surface area (Å²) in [5.74, 6) is -4.62. The summed E-state index contributed by atoms with van der Waals surface area (Å²) in [5.41, 5.74) is 1.24. The molecule has 0 atom stereocenters. The molecule has 2 N–H and O–H groups in total. The van der Waals surface area contributed by atoms with Crippen molar-refractivity contribution >= 4 is 17.3 Å². The lowest BCUT2D eigenvalue weighted by Gasteiger charge is -2.10. The van der Waals surface area contributed by atoms with Crippen LogP contribution in [0.2, 0.25) is 0 Å². The van der Waals surface area contributed by atoms with Crippen LogP contribution in [0.25, 0.3) is 0 Å². The molecule has 0 spiro atoms. The van der Waals surface area contributed by atoms with E-state index in [1.54, 1.807) is 12.1 Å². The van der Waals surface area contributed by atoms with Gasteiger partial charge in [0, 0.05) is 5.69 Å². The molecule has 0 heterocycles. The van der Waals surface area contributed by atoms with Crippen molar-refractivity contribution in [3.05, 3.63) is 59.4 Å². The van der Waals surface area contributed by atoms with Gasteiger partial charge < -0.3 is 10.6 Å². The molecule has 0 aliphatic heterocycles. The zero-order chi connectivity index (χ0) is 15.4. The second-order valence-electron chi connectivity index (χ2n) is 4.44. The number of nitrogens with one attached hydrogen (secondary N) is 2. The first kappa shape index (κ1) is 14.9. The van der Waals surface area contributed by atoms with E-state index in [-0.39, 0.29) is 12.2 Å². The number of anilines is 2. The molecule has 1 amide bonds. The summed E-state index contributed by atoms with van der Waals surface area (Å²) in [6.07, 6.45) is 0. The summed E-state index contributed by atoms with van der Waals surface area (Å²) in [6.45, 7) is 1.56. The maximum Gasteiger partial charge on any atom is 0.243 e. The molecule has 0 fully saturated rings. The number of aryl methyl sites for hydroxylation is 1. The van der Waals surface area contributed by atoms with Gasteiger partial charge in [-0.05, 0) is 30.7 Å². The number of rotatable bonds is 4. The van der Waals surface area contributed by atoms with Crippen LogP contribution in [0.3, 0.4) is 0 Å². The minimum absolute atomic E-state index is 0.268. The molecule has 2 rings (SSSR count). The standard InChI is InChI=1S/C15H13F3N2O/c1-9-4-2-3-5-11(9)20-13(21)8-19-12-7-6-10(16)14(17)15(12)18/h2-7,19H,8H2,1H3,(H,20,21). The molecule has 0 aromatic heterocycles. The van der Waals surface area contributed by atoms with Crippen LogP contribution in [0.1, 0.15) is 5.56 Å². The number of para-hydroxylation sites is 1. The fourth-order valence-corrected chi connectivity index (χ4v) is 1.75. The zero-order valence-electron chi connectivity index (χ0n) is 11.2. The van der Waals surface area contributed by atoms with Gasteiger partial charge in [-0.2, -0.15) is 0 Å². The highest BCUT2D eigenvalue weighted by atomic mass is 19.2. The molecular formula is C15H13F3N2O. The van der Waals surface area contributed by atoms with Gasteiger partial charge in [-0.15, -0.1) is 0 Å². The highest BCUT2D eigenvalue weighted by molar-refractivity contribution is 5.94. The van der Waals surface area contributed by atoms with Gasteiger partial charge in [-0.3, -0.25) is 4.79 Å². The van der Waals surface area contributed by atoms with Gasteiger partial charge in [0.1, 0.15) is 0 Å². The number of carbonyl (C=O) groups excluding carboxylic acids is 1. The molecule has 0 aliphatic rings. The van der Waals surface area contributed by atoms with E-state index in [0.717, 1.165) is 17.7 Å². The Morgan fingerprint density at radius 1 is 1.00 bits per heavy atom. The lowest BCUT2D eigenvalue weighted by Crippen LogP contribution is -2.22. The van der Waals surface area contributed by atoms with Crippen LogP contribution in [0.15, 0.2) is 36.4 Å². The van der Waals surface area contributed by atoms with E-state index in [1.165, 1.54) is 0 Å². The van der Waals surface area contributed by atoms with E-state index in [1.807, 2.05) is 19.1 Å². The van der Waals surface area contributed by atoms with Crippen molar-refractivity contribution < 1.29 is 18.0 Å². The number of benzene rings is 2. The second-order valence-corrected chi connectivity index (χ2v) is 4.44. The quantitative estimate of drug-likeness (QED) is 0.848. The van der Waals surface area contributed by atoms with Gasteiger partial charge in [0.25, 0.3) is 0 Å². The Kier molecular flexibility index (Phi) is 4.47. The number of carbonyl (C=O) groups is 1. The molecule has 110 valence electrons. The topological polar surface area (TPSA) is 41.1 Å². The van der Waals surface area contributed by atoms with Crippen LogP contribution in [-0.2, 0) is 4.79 Å². The number of hydrogen-bond donors (Lipinski definition) is 2. The Morgan fingerprint density at radius 2 is 1.71 bits per heavy atom. The largest absolute Gasteiger partial charge is 0.374 e. The molecular weight excluding hydrogens is 281 g/mol. The summed E-state index contributed by atoms with van der Waals surface area (Å²) >= 11 is 0. The van der Waals surface area contributed by atoms with Crippen molar-refractivity contribution in [1.29, 1.82) is 0 Å². The van der Waals surface area contributed by atoms with Crippen LogP contribution in [0, 0.1) is 24.4 Å². The lowest BCUT2D eigenvalue weighted by atomic mass is 10.2. The minimum Gasteiger partial charge on any atom is -0.374 e. The van der Waals surface area contributed by atoms with Gasteiger partial charge in [0.05, 0.1) is 12.2 Å².